The van der Waals surface area contributed by atoms with E-state index in [-0.39, 0.29) is 5.91 Å². The molecule has 2 N–H and O–H groups in total. The lowest BCUT2D eigenvalue weighted by Gasteiger charge is -2.35. The fourth-order valence-corrected chi connectivity index (χ4v) is 5.15. The molecule has 2 aromatic heterocycles. The summed E-state index contributed by atoms with van der Waals surface area (Å²) < 4.78 is 0. The van der Waals surface area contributed by atoms with E-state index in [1.165, 1.54) is 0 Å². The van der Waals surface area contributed by atoms with Gasteiger partial charge in [0.1, 0.15) is 5.82 Å². The molecule has 1 amide bonds. The summed E-state index contributed by atoms with van der Waals surface area (Å²) in [5.41, 5.74) is 6.59. The van der Waals surface area contributed by atoms with Crippen molar-refractivity contribution in [2.24, 2.45) is 0 Å². The van der Waals surface area contributed by atoms with Crippen LogP contribution in [0.2, 0.25) is 0 Å². The van der Waals surface area contributed by atoms with Crippen LogP contribution in [0.25, 0.3) is 22.0 Å². The van der Waals surface area contributed by atoms with Crippen molar-refractivity contribution in [3.05, 3.63) is 71.5 Å². The molecule has 1 saturated heterocycles. The molecule has 0 radical (unpaired) electrons. The number of anilines is 3. The highest BCUT2D eigenvalue weighted by Gasteiger charge is 2.21. The predicted molar refractivity (Wildman–Crippen MR) is 154 cm³/mol. The number of carbonyl (C=O) groups excluding carboxylic acids is 1. The van der Waals surface area contributed by atoms with E-state index in [0.717, 1.165) is 70.6 Å². The van der Waals surface area contributed by atoms with Gasteiger partial charge in [-0.25, -0.2) is 15.0 Å². The molecule has 3 heterocycles. The Hall–Kier alpha value is -4.04. The summed E-state index contributed by atoms with van der Waals surface area (Å²) in [5, 5.41) is 6.95. The van der Waals surface area contributed by atoms with Gasteiger partial charge in [0.25, 0.3) is 5.91 Å². The molecule has 1 aliphatic heterocycles. The van der Waals surface area contributed by atoms with Gasteiger partial charge in [0.2, 0.25) is 5.95 Å². The molecule has 1 aliphatic rings. The Morgan fingerprint density at radius 2 is 1.76 bits per heavy atom. The number of nitrogens with zero attached hydrogens (tertiary/aromatic N) is 5. The van der Waals surface area contributed by atoms with Crippen LogP contribution in [0, 0.1) is 13.8 Å². The molecular formula is C30H35N7O. The lowest BCUT2D eigenvalue weighted by atomic mass is 9.95. The third kappa shape index (κ3) is 5.31. The highest BCUT2D eigenvalue weighted by molar-refractivity contribution is 5.96. The minimum atomic E-state index is -0.0979. The molecule has 196 valence electrons. The van der Waals surface area contributed by atoms with Crippen LogP contribution >= 0.6 is 0 Å². The number of aryl methyl sites for hydroxylation is 2. The number of fused-ring (bicyclic) bond motifs is 1. The Morgan fingerprint density at radius 1 is 0.974 bits per heavy atom. The van der Waals surface area contributed by atoms with E-state index < -0.39 is 0 Å². The van der Waals surface area contributed by atoms with Crippen molar-refractivity contribution in [2.45, 2.75) is 32.7 Å². The van der Waals surface area contributed by atoms with Gasteiger partial charge < -0.3 is 20.4 Å². The molecule has 0 aliphatic carbocycles. The second-order valence-electron chi connectivity index (χ2n) is 10.2. The van der Waals surface area contributed by atoms with Crippen LogP contribution in [0.4, 0.5) is 17.5 Å². The van der Waals surface area contributed by atoms with Gasteiger partial charge in [-0.05, 0) is 99.4 Å². The van der Waals surface area contributed by atoms with E-state index in [4.69, 9.17) is 9.97 Å². The fourth-order valence-electron chi connectivity index (χ4n) is 5.15. The molecule has 38 heavy (non-hydrogen) atoms. The number of pyridine rings is 1. The minimum absolute atomic E-state index is 0.0979. The molecule has 1 fully saturated rings. The first-order chi connectivity index (χ1) is 18.3. The summed E-state index contributed by atoms with van der Waals surface area (Å²) in [4.78, 5) is 30.9. The highest BCUT2D eigenvalue weighted by atomic mass is 16.1. The topological polar surface area (TPSA) is 86.3 Å². The molecular weight excluding hydrogens is 474 g/mol. The molecule has 4 aromatic rings. The summed E-state index contributed by atoms with van der Waals surface area (Å²) in [5.74, 6) is 1.44. The van der Waals surface area contributed by atoms with Crippen LogP contribution in [0.1, 0.15) is 34.3 Å². The quantitative estimate of drug-likeness (QED) is 0.381. The Morgan fingerprint density at radius 3 is 2.45 bits per heavy atom. The number of hydrogen-bond acceptors (Lipinski definition) is 7. The molecule has 0 atom stereocenters. The van der Waals surface area contributed by atoms with Crippen LogP contribution < -0.4 is 15.5 Å². The van der Waals surface area contributed by atoms with Crippen molar-refractivity contribution in [1.29, 1.82) is 0 Å². The fraction of sp³-hybridized carbons (Fsp3) is 0.333. The smallest absolute Gasteiger partial charge is 0.251 e. The Bertz CT molecular complexity index is 1460. The van der Waals surface area contributed by atoms with Crippen LogP contribution in [-0.4, -0.2) is 66.0 Å². The monoisotopic (exact) mass is 509 g/mol. The van der Waals surface area contributed by atoms with E-state index in [2.05, 4.69) is 71.6 Å². The van der Waals surface area contributed by atoms with Crippen molar-refractivity contribution in [1.82, 2.24) is 25.2 Å². The first-order valence-electron chi connectivity index (χ1n) is 13.1. The van der Waals surface area contributed by atoms with Crippen molar-refractivity contribution in [2.75, 3.05) is 44.4 Å². The van der Waals surface area contributed by atoms with Crippen LogP contribution in [-0.2, 0) is 0 Å². The molecule has 0 saturated carbocycles. The molecule has 5 rings (SSSR count). The zero-order valence-corrected chi connectivity index (χ0v) is 22.7. The maximum Gasteiger partial charge on any atom is 0.251 e. The van der Waals surface area contributed by atoms with Crippen LogP contribution in [0.15, 0.2) is 54.9 Å². The van der Waals surface area contributed by atoms with Crippen LogP contribution in [0.3, 0.4) is 0 Å². The number of aromatic nitrogens is 3. The third-order valence-electron chi connectivity index (χ3n) is 7.43. The van der Waals surface area contributed by atoms with Gasteiger partial charge in [0, 0.05) is 43.3 Å². The van der Waals surface area contributed by atoms with Gasteiger partial charge in [-0.1, -0.05) is 6.07 Å². The van der Waals surface area contributed by atoms with Gasteiger partial charge in [0.15, 0.2) is 0 Å². The molecule has 2 aromatic carbocycles. The SMILES string of the molecule is CNC(=O)c1ccc(C)c(-c2cc(C)c3nc(Nc4ccc(N5CCC(N(C)C)CC5)nc4)ncc3c2)c1. The number of piperidine rings is 1. The maximum absolute atomic E-state index is 12.2. The number of hydrogen-bond donors (Lipinski definition) is 2. The maximum atomic E-state index is 12.2. The predicted octanol–water partition coefficient (Wildman–Crippen LogP) is 4.94. The standard InChI is InChI=1S/C30H35N7O/c1-19-6-7-21(29(38)31-3)16-26(19)22-14-20(2)28-23(15-22)17-33-30(35-28)34-24-8-9-27(32-18-24)37-12-10-25(11-13-37)36(4)5/h6-9,14-18,25H,10-13H2,1-5H3,(H,31,38)(H,33,34,35). The van der Waals surface area contributed by atoms with Gasteiger partial charge in [-0.2, -0.15) is 0 Å². The summed E-state index contributed by atoms with van der Waals surface area (Å²) in [6.45, 7) is 6.15. The lowest BCUT2D eigenvalue weighted by Crippen LogP contribution is -2.42. The summed E-state index contributed by atoms with van der Waals surface area (Å²) in [6, 6.07) is 14.7. The van der Waals surface area contributed by atoms with E-state index >= 15 is 0 Å². The van der Waals surface area contributed by atoms with Gasteiger partial charge in [0.05, 0.1) is 17.4 Å². The van der Waals surface area contributed by atoms with E-state index in [9.17, 15) is 4.79 Å². The first kappa shape index (κ1) is 25.6. The summed E-state index contributed by atoms with van der Waals surface area (Å²) in [7, 11) is 5.95. The van der Waals surface area contributed by atoms with E-state index in [1.807, 2.05) is 36.7 Å². The first-order valence-corrected chi connectivity index (χ1v) is 13.1. The Labute approximate surface area is 224 Å². The average Bonchev–Trinajstić information content (AvgIpc) is 2.93. The Balaban J connectivity index is 1.34. The zero-order chi connectivity index (χ0) is 26.8. The van der Waals surface area contributed by atoms with Crippen molar-refractivity contribution < 1.29 is 4.79 Å². The lowest BCUT2D eigenvalue weighted by molar-refractivity contribution is 0.0963. The van der Waals surface area contributed by atoms with Crippen molar-refractivity contribution >= 4 is 34.3 Å². The molecule has 0 bridgehead atoms. The van der Waals surface area contributed by atoms with E-state index in [1.54, 1.807) is 7.05 Å². The molecule has 0 unspecified atom stereocenters. The Kier molecular flexibility index (Phi) is 7.24. The van der Waals surface area contributed by atoms with Gasteiger partial charge in [-0.15, -0.1) is 0 Å². The number of nitrogens with one attached hydrogen (secondary N) is 2. The van der Waals surface area contributed by atoms with Crippen molar-refractivity contribution in [3.63, 3.8) is 0 Å². The largest absolute Gasteiger partial charge is 0.357 e. The molecule has 8 nitrogen and oxygen atoms in total. The summed E-state index contributed by atoms with van der Waals surface area (Å²) in [6.07, 6.45) is 5.99. The number of amides is 1. The second-order valence-corrected chi connectivity index (χ2v) is 10.2. The number of benzene rings is 2. The van der Waals surface area contributed by atoms with Crippen molar-refractivity contribution in [3.8, 4) is 11.1 Å². The average molecular weight is 510 g/mol. The second kappa shape index (κ2) is 10.8. The zero-order valence-electron chi connectivity index (χ0n) is 22.7. The molecule has 0 spiro atoms. The normalized spacial score (nSPS) is 14.2. The van der Waals surface area contributed by atoms with Gasteiger partial charge in [-0.3, -0.25) is 4.79 Å². The number of carbonyl (C=O) groups is 1. The third-order valence-corrected chi connectivity index (χ3v) is 7.43. The van der Waals surface area contributed by atoms with E-state index in [0.29, 0.717) is 17.6 Å². The minimum Gasteiger partial charge on any atom is -0.357 e. The van der Waals surface area contributed by atoms with Gasteiger partial charge >= 0.3 is 0 Å². The summed E-state index contributed by atoms with van der Waals surface area (Å²) >= 11 is 0. The number of rotatable bonds is 6. The van der Waals surface area contributed by atoms with Crippen LogP contribution in [0.5, 0.6) is 0 Å². The molecule has 8 heteroatoms. The highest BCUT2D eigenvalue weighted by Crippen LogP contribution is 2.30.